The molecule has 0 fully saturated rings. The van der Waals surface area contributed by atoms with Gasteiger partial charge in [-0.15, -0.1) is 0 Å². The van der Waals surface area contributed by atoms with Gasteiger partial charge in [-0.25, -0.2) is 0 Å². The van der Waals surface area contributed by atoms with Gasteiger partial charge in [0, 0.05) is 4.47 Å². The van der Waals surface area contributed by atoms with Gasteiger partial charge in [0.2, 0.25) is 0 Å². The number of halogens is 1. The number of hydrogen-bond acceptors (Lipinski definition) is 5. The van der Waals surface area contributed by atoms with Crippen LogP contribution in [0, 0.1) is 0 Å². The van der Waals surface area contributed by atoms with Crippen LogP contribution in [0.1, 0.15) is 6.92 Å². The topological polar surface area (TPSA) is 61.8 Å². The van der Waals surface area contributed by atoms with Crippen molar-refractivity contribution in [3.8, 4) is 17.2 Å². The Labute approximate surface area is 138 Å². The van der Waals surface area contributed by atoms with E-state index in [1.165, 1.54) is 25.3 Å². The smallest absolute Gasteiger partial charge is 0.342 e. The van der Waals surface area contributed by atoms with Crippen molar-refractivity contribution in [2.24, 2.45) is 0 Å². The quantitative estimate of drug-likeness (QED) is 0.709. The minimum absolute atomic E-state index is 0.0433. The molecule has 0 aliphatic heterocycles. The third-order valence-corrected chi connectivity index (χ3v) is 4.50. The third-order valence-electron chi connectivity index (χ3n) is 2.74. The van der Waals surface area contributed by atoms with Crippen LogP contribution in [0.25, 0.3) is 0 Å². The highest BCUT2D eigenvalue weighted by Crippen LogP contribution is 2.30. The van der Waals surface area contributed by atoms with E-state index in [0.717, 1.165) is 0 Å². The number of ether oxygens (including phenoxy) is 2. The normalized spacial score (nSPS) is 11.0. The molecule has 0 aliphatic rings. The zero-order valence-electron chi connectivity index (χ0n) is 12.1. The summed E-state index contributed by atoms with van der Waals surface area (Å²) in [6.45, 7) is 2.40. The average molecular weight is 387 g/mol. The van der Waals surface area contributed by atoms with Crippen molar-refractivity contribution < 1.29 is 22.1 Å². The van der Waals surface area contributed by atoms with Gasteiger partial charge >= 0.3 is 10.1 Å². The van der Waals surface area contributed by atoms with E-state index >= 15 is 0 Å². The van der Waals surface area contributed by atoms with Crippen molar-refractivity contribution in [1.29, 1.82) is 0 Å². The highest BCUT2D eigenvalue weighted by atomic mass is 79.9. The minimum Gasteiger partial charge on any atom is -0.495 e. The molecule has 22 heavy (non-hydrogen) atoms. The van der Waals surface area contributed by atoms with E-state index in [2.05, 4.69) is 15.9 Å². The molecule has 0 spiro atoms. The van der Waals surface area contributed by atoms with Crippen LogP contribution in [0.2, 0.25) is 0 Å². The van der Waals surface area contributed by atoms with Crippen molar-refractivity contribution in [3.63, 3.8) is 0 Å². The molecule has 5 nitrogen and oxygen atoms in total. The number of benzene rings is 2. The van der Waals surface area contributed by atoms with Gasteiger partial charge in [0.1, 0.15) is 22.1 Å². The Bertz CT molecular complexity index is 741. The zero-order valence-corrected chi connectivity index (χ0v) is 14.5. The Morgan fingerprint density at radius 3 is 2.27 bits per heavy atom. The Morgan fingerprint density at radius 2 is 1.68 bits per heavy atom. The van der Waals surface area contributed by atoms with Crippen LogP contribution in [-0.2, 0) is 10.1 Å². The second-order valence-corrected chi connectivity index (χ2v) is 6.67. The molecule has 0 bridgehead atoms. The molecule has 0 atom stereocenters. The molecule has 0 N–H and O–H groups in total. The van der Waals surface area contributed by atoms with Gasteiger partial charge in [0.25, 0.3) is 0 Å². The first-order valence-corrected chi connectivity index (χ1v) is 8.67. The van der Waals surface area contributed by atoms with Crippen LogP contribution in [0.5, 0.6) is 17.2 Å². The first-order valence-electron chi connectivity index (χ1n) is 6.47. The Kier molecular flexibility index (Phi) is 5.31. The van der Waals surface area contributed by atoms with Crippen LogP contribution in [0.15, 0.2) is 51.8 Å². The lowest BCUT2D eigenvalue weighted by Crippen LogP contribution is -2.11. The molecule has 118 valence electrons. The maximum absolute atomic E-state index is 12.4. The van der Waals surface area contributed by atoms with E-state index < -0.39 is 10.1 Å². The molecular formula is C15H15BrO5S. The van der Waals surface area contributed by atoms with Crippen molar-refractivity contribution >= 4 is 26.0 Å². The number of hydrogen-bond donors (Lipinski definition) is 0. The molecular weight excluding hydrogens is 372 g/mol. The van der Waals surface area contributed by atoms with Crippen molar-refractivity contribution in [3.05, 3.63) is 46.9 Å². The lowest BCUT2D eigenvalue weighted by molar-refractivity contribution is 0.340. The lowest BCUT2D eigenvalue weighted by atomic mass is 10.3. The maximum atomic E-state index is 12.4. The van der Waals surface area contributed by atoms with Crippen molar-refractivity contribution in [2.45, 2.75) is 11.8 Å². The summed E-state index contributed by atoms with van der Waals surface area (Å²) >= 11 is 3.24. The summed E-state index contributed by atoms with van der Waals surface area (Å²) in [7, 11) is -2.60. The summed E-state index contributed by atoms with van der Waals surface area (Å²) in [5.74, 6) is 1.06. The van der Waals surface area contributed by atoms with Gasteiger partial charge in [-0.05, 0) is 49.4 Å². The summed E-state index contributed by atoms with van der Waals surface area (Å²) in [5, 5.41) is 0. The van der Waals surface area contributed by atoms with Crippen molar-refractivity contribution in [2.75, 3.05) is 13.7 Å². The number of rotatable bonds is 6. The molecule has 0 unspecified atom stereocenters. The standard InChI is InChI=1S/C15H15BrO5S/c1-3-20-12-5-7-13(8-6-12)21-22(17,18)15-10-11(16)4-9-14(15)19-2/h4-10H,3H2,1-2H3. The van der Waals surface area contributed by atoms with E-state index in [0.29, 0.717) is 16.8 Å². The zero-order chi connectivity index (χ0) is 16.2. The van der Waals surface area contributed by atoms with Gasteiger partial charge in [0.15, 0.2) is 0 Å². The average Bonchev–Trinajstić information content (AvgIpc) is 2.49. The fourth-order valence-electron chi connectivity index (χ4n) is 1.78. The van der Waals surface area contributed by atoms with Crippen LogP contribution >= 0.6 is 15.9 Å². The molecule has 0 saturated carbocycles. The molecule has 0 aromatic heterocycles. The molecule has 0 amide bonds. The van der Waals surface area contributed by atoms with Crippen LogP contribution in [-0.4, -0.2) is 22.1 Å². The summed E-state index contributed by atoms with van der Waals surface area (Å²) in [6, 6.07) is 11.0. The van der Waals surface area contributed by atoms with Crippen molar-refractivity contribution in [1.82, 2.24) is 0 Å². The van der Waals surface area contributed by atoms with Gasteiger partial charge < -0.3 is 13.7 Å². The van der Waals surface area contributed by atoms with E-state index in [-0.39, 0.29) is 16.4 Å². The number of methoxy groups -OCH3 is 1. The third kappa shape index (κ3) is 3.92. The molecule has 2 rings (SSSR count). The summed E-state index contributed by atoms with van der Waals surface area (Å²) in [5.41, 5.74) is 0. The highest BCUT2D eigenvalue weighted by Gasteiger charge is 2.22. The Morgan fingerprint density at radius 1 is 1.05 bits per heavy atom. The maximum Gasteiger partial charge on any atom is 0.342 e. The summed E-state index contributed by atoms with van der Waals surface area (Å²) in [4.78, 5) is -0.0433. The monoisotopic (exact) mass is 386 g/mol. The SMILES string of the molecule is CCOc1ccc(OS(=O)(=O)c2cc(Br)ccc2OC)cc1. The molecule has 2 aromatic carbocycles. The molecule has 2 aromatic rings. The van der Waals surface area contributed by atoms with E-state index in [1.54, 1.807) is 24.3 Å². The molecule has 0 saturated heterocycles. The molecule has 0 radical (unpaired) electrons. The first-order chi connectivity index (χ1) is 10.5. The van der Waals surface area contributed by atoms with E-state index in [1.807, 2.05) is 6.92 Å². The second-order valence-electron chi connectivity index (χ2n) is 4.24. The fourth-order valence-corrected chi connectivity index (χ4v) is 3.41. The largest absolute Gasteiger partial charge is 0.495 e. The van der Waals surface area contributed by atoms with Crippen LogP contribution in [0.3, 0.4) is 0 Å². The van der Waals surface area contributed by atoms with Gasteiger partial charge in [0.05, 0.1) is 13.7 Å². The summed E-state index contributed by atoms with van der Waals surface area (Å²) < 4.78 is 40.9. The molecule has 0 aliphatic carbocycles. The molecule has 7 heteroatoms. The molecule has 0 heterocycles. The van der Waals surface area contributed by atoms with Crippen LogP contribution < -0.4 is 13.7 Å². The van der Waals surface area contributed by atoms with Gasteiger partial charge in [-0.2, -0.15) is 8.42 Å². The predicted molar refractivity (Wildman–Crippen MR) is 86.1 cm³/mol. The summed E-state index contributed by atoms with van der Waals surface area (Å²) in [6.07, 6.45) is 0. The highest BCUT2D eigenvalue weighted by molar-refractivity contribution is 9.10. The van der Waals surface area contributed by atoms with E-state index in [4.69, 9.17) is 13.7 Å². The van der Waals surface area contributed by atoms with Crippen LogP contribution in [0.4, 0.5) is 0 Å². The predicted octanol–water partition coefficient (Wildman–Crippen LogP) is 3.62. The van der Waals surface area contributed by atoms with Gasteiger partial charge in [-0.3, -0.25) is 0 Å². The van der Waals surface area contributed by atoms with Gasteiger partial charge in [-0.1, -0.05) is 15.9 Å². The first kappa shape index (κ1) is 16.6. The fraction of sp³-hybridized carbons (Fsp3) is 0.200. The second kappa shape index (κ2) is 7.02. The Balaban J connectivity index is 2.29. The van der Waals surface area contributed by atoms with E-state index in [9.17, 15) is 8.42 Å². The lowest BCUT2D eigenvalue weighted by Gasteiger charge is -2.11. The Hall–Kier alpha value is -1.73. The minimum atomic E-state index is -4.00.